The summed E-state index contributed by atoms with van der Waals surface area (Å²) in [6.45, 7) is 6.32. The van der Waals surface area contributed by atoms with Crippen LogP contribution >= 0.6 is 11.6 Å². The fourth-order valence-corrected chi connectivity index (χ4v) is 3.90. The molecule has 2 heterocycles. The van der Waals surface area contributed by atoms with Gasteiger partial charge in [-0.2, -0.15) is 0 Å². The predicted molar refractivity (Wildman–Crippen MR) is 109 cm³/mol. The second-order valence-electron chi connectivity index (χ2n) is 7.70. The average Bonchev–Trinajstić information content (AvgIpc) is 2.63. The third-order valence-corrected chi connectivity index (χ3v) is 5.93. The zero-order chi connectivity index (χ0) is 19.7. The first kappa shape index (κ1) is 19.0. The molecule has 1 saturated heterocycles. The van der Waals surface area contributed by atoms with Crippen molar-refractivity contribution in [3.63, 3.8) is 0 Å². The highest BCUT2D eigenvalue weighted by Crippen LogP contribution is 2.32. The van der Waals surface area contributed by atoms with Crippen LogP contribution in [0.5, 0.6) is 11.6 Å². The Morgan fingerprint density at radius 1 is 1.21 bits per heavy atom. The lowest BCUT2D eigenvalue weighted by atomic mass is 9.84. The lowest BCUT2D eigenvalue weighted by molar-refractivity contribution is -0.140. The highest BCUT2D eigenvalue weighted by molar-refractivity contribution is 6.32. The Hall–Kier alpha value is -2.34. The van der Waals surface area contributed by atoms with E-state index in [9.17, 15) is 4.79 Å². The van der Waals surface area contributed by atoms with Gasteiger partial charge in [0.05, 0.1) is 5.02 Å². The summed E-state index contributed by atoms with van der Waals surface area (Å²) in [6, 6.07) is 7.62. The van der Waals surface area contributed by atoms with Crippen LogP contribution in [0.1, 0.15) is 31.7 Å². The number of carbonyl (C=O) groups excluding carboxylic acids is 1. The van der Waals surface area contributed by atoms with Gasteiger partial charge in [-0.1, -0.05) is 24.1 Å². The molecule has 2 fully saturated rings. The number of benzene rings is 1. The van der Waals surface area contributed by atoms with Crippen LogP contribution in [0.3, 0.4) is 0 Å². The molecule has 28 heavy (non-hydrogen) atoms. The van der Waals surface area contributed by atoms with Crippen molar-refractivity contribution in [1.29, 1.82) is 0 Å². The largest absolute Gasteiger partial charge is 0.437 e. The SMILES string of the molecule is Cc1ccc(Cl)c(Oc2cc(N3CCN(C(=O)C4CCC4)[C@@H](C)C3)ncn2)c1. The first-order chi connectivity index (χ1) is 13.5. The van der Waals surface area contributed by atoms with Crippen molar-refractivity contribution in [3.8, 4) is 11.6 Å². The Kier molecular flexibility index (Phi) is 5.40. The molecule has 7 heteroatoms. The van der Waals surface area contributed by atoms with Crippen molar-refractivity contribution in [1.82, 2.24) is 14.9 Å². The fraction of sp³-hybridized carbons (Fsp3) is 0.476. The number of hydrogen-bond acceptors (Lipinski definition) is 5. The molecule has 1 atom stereocenters. The highest BCUT2D eigenvalue weighted by Gasteiger charge is 2.34. The van der Waals surface area contributed by atoms with Gasteiger partial charge in [-0.05, 0) is 44.4 Å². The van der Waals surface area contributed by atoms with Gasteiger partial charge < -0.3 is 14.5 Å². The Balaban J connectivity index is 1.44. The quantitative estimate of drug-likeness (QED) is 0.774. The Morgan fingerprint density at radius 2 is 2.04 bits per heavy atom. The summed E-state index contributed by atoms with van der Waals surface area (Å²) in [5, 5.41) is 0.544. The highest BCUT2D eigenvalue weighted by atomic mass is 35.5. The number of aromatic nitrogens is 2. The van der Waals surface area contributed by atoms with E-state index in [4.69, 9.17) is 16.3 Å². The zero-order valence-electron chi connectivity index (χ0n) is 16.3. The number of nitrogens with zero attached hydrogens (tertiary/aromatic N) is 4. The van der Waals surface area contributed by atoms with Crippen LogP contribution in [0.4, 0.5) is 5.82 Å². The van der Waals surface area contributed by atoms with Crippen molar-refractivity contribution >= 4 is 23.3 Å². The van der Waals surface area contributed by atoms with Gasteiger partial charge in [0.2, 0.25) is 11.8 Å². The van der Waals surface area contributed by atoms with Gasteiger partial charge in [-0.15, -0.1) is 0 Å². The molecule has 0 N–H and O–H groups in total. The van der Waals surface area contributed by atoms with Crippen molar-refractivity contribution in [2.24, 2.45) is 5.92 Å². The summed E-state index contributed by atoms with van der Waals surface area (Å²) >= 11 is 6.23. The van der Waals surface area contributed by atoms with Crippen LogP contribution in [-0.2, 0) is 4.79 Å². The third-order valence-electron chi connectivity index (χ3n) is 5.62. The topological polar surface area (TPSA) is 58.6 Å². The van der Waals surface area contributed by atoms with E-state index in [1.807, 2.05) is 36.1 Å². The normalized spacial score (nSPS) is 20.0. The molecule has 6 nitrogen and oxygen atoms in total. The number of piperazine rings is 1. The van der Waals surface area contributed by atoms with E-state index in [1.54, 1.807) is 0 Å². The number of ether oxygens (including phenoxy) is 1. The summed E-state index contributed by atoms with van der Waals surface area (Å²) in [5.41, 5.74) is 1.06. The van der Waals surface area contributed by atoms with Crippen molar-refractivity contribution in [3.05, 3.63) is 41.2 Å². The number of aryl methyl sites for hydroxylation is 1. The van der Waals surface area contributed by atoms with Gasteiger partial charge in [0.15, 0.2) is 0 Å². The second-order valence-corrected chi connectivity index (χ2v) is 8.11. The van der Waals surface area contributed by atoms with Crippen molar-refractivity contribution in [2.45, 2.75) is 39.2 Å². The van der Waals surface area contributed by atoms with Crippen molar-refractivity contribution in [2.75, 3.05) is 24.5 Å². The average molecular weight is 401 g/mol. The van der Waals surface area contributed by atoms with Gasteiger partial charge in [0.25, 0.3) is 0 Å². The minimum Gasteiger partial charge on any atom is -0.437 e. The standard InChI is InChI=1S/C21H25ClN4O2/c1-14-6-7-17(22)18(10-14)28-20-11-19(23-13-24-20)25-8-9-26(15(2)12-25)21(27)16-4-3-5-16/h6-7,10-11,13,15-16H,3-5,8-9,12H2,1-2H3/t15-/m0/s1. The second kappa shape index (κ2) is 7.95. The van der Waals surface area contributed by atoms with Gasteiger partial charge in [-0.3, -0.25) is 4.79 Å². The first-order valence-corrected chi connectivity index (χ1v) is 10.2. The minimum atomic E-state index is 0.160. The van der Waals surface area contributed by atoms with Gasteiger partial charge in [0.1, 0.15) is 17.9 Å². The van der Waals surface area contributed by atoms with E-state index in [2.05, 4.69) is 21.8 Å². The van der Waals surface area contributed by atoms with Crippen LogP contribution in [0.2, 0.25) is 5.02 Å². The number of anilines is 1. The lowest BCUT2D eigenvalue weighted by Gasteiger charge is -2.43. The number of hydrogen-bond donors (Lipinski definition) is 0. The van der Waals surface area contributed by atoms with E-state index in [0.717, 1.165) is 43.9 Å². The van der Waals surface area contributed by atoms with Crippen molar-refractivity contribution < 1.29 is 9.53 Å². The van der Waals surface area contributed by atoms with E-state index < -0.39 is 0 Å². The Morgan fingerprint density at radius 3 is 2.75 bits per heavy atom. The smallest absolute Gasteiger partial charge is 0.226 e. The lowest BCUT2D eigenvalue weighted by Crippen LogP contribution is -2.56. The van der Waals surface area contributed by atoms with Crippen LogP contribution in [0.15, 0.2) is 30.6 Å². The van der Waals surface area contributed by atoms with E-state index in [0.29, 0.717) is 22.6 Å². The van der Waals surface area contributed by atoms with Crippen LogP contribution < -0.4 is 9.64 Å². The molecule has 0 bridgehead atoms. The molecule has 1 aliphatic heterocycles. The summed E-state index contributed by atoms with van der Waals surface area (Å²) in [6.07, 6.45) is 4.77. The van der Waals surface area contributed by atoms with E-state index >= 15 is 0 Å². The monoisotopic (exact) mass is 400 g/mol. The van der Waals surface area contributed by atoms with E-state index in [1.165, 1.54) is 12.7 Å². The molecular formula is C21H25ClN4O2. The maximum atomic E-state index is 12.6. The Bertz CT molecular complexity index is 871. The molecule has 1 amide bonds. The van der Waals surface area contributed by atoms with Crippen LogP contribution in [0, 0.1) is 12.8 Å². The van der Waals surface area contributed by atoms with E-state index in [-0.39, 0.29) is 12.0 Å². The van der Waals surface area contributed by atoms with Crippen LogP contribution in [0.25, 0.3) is 0 Å². The maximum Gasteiger partial charge on any atom is 0.226 e. The molecule has 2 aromatic rings. The number of rotatable bonds is 4. The molecule has 148 valence electrons. The zero-order valence-corrected chi connectivity index (χ0v) is 17.0. The minimum absolute atomic E-state index is 0.160. The molecule has 1 aliphatic carbocycles. The van der Waals surface area contributed by atoms with Crippen LogP contribution in [-0.4, -0.2) is 46.5 Å². The number of halogens is 1. The van der Waals surface area contributed by atoms with Gasteiger partial charge in [-0.25, -0.2) is 9.97 Å². The third kappa shape index (κ3) is 3.92. The van der Waals surface area contributed by atoms with Gasteiger partial charge in [0, 0.05) is 37.7 Å². The summed E-state index contributed by atoms with van der Waals surface area (Å²) in [7, 11) is 0. The fourth-order valence-electron chi connectivity index (χ4n) is 3.74. The number of amides is 1. The molecule has 2 aliphatic rings. The predicted octanol–water partition coefficient (Wildman–Crippen LogP) is 4.07. The van der Waals surface area contributed by atoms with Gasteiger partial charge >= 0.3 is 0 Å². The molecule has 1 aromatic heterocycles. The summed E-state index contributed by atoms with van der Waals surface area (Å²) < 4.78 is 5.89. The maximum absolute atomic E-state index is 12.6. The summed E-state index contributed by atoms with van der Waals surface area (Å²) in [5.74, 6) is 2.40. The molecule has 0 unspecified atom stereocenters. The molecule has 0 spiro atoms. The molecular weight excluding hydrogens is 376 g/mol. The summed E-state index contributed by atoms with van der Waals surface area (Å²) in [4.78, 5) is 25.4. The molecule has 1 saturated carbocycles. The molecule has 4 rings (SSSR count). The number of carbonyl (C=O) groups is 1. The molecule has 0 radical (unpaired) electrons. The Labute approximate surface area is 170 Å². The first-order valence-electron chi connectivity index (χ1n) is 9.83. The molecule has 1 aromatic carbocycles.